The number of H-pyrrole nitrogens is 1. The highest BCUT2D eigenvalue weighted by Gasteiger charge is 2.11. The number of carbonyl (C=O) groups excluding carboxylic acids is 1. The van der Waals surface area contributed by atoms with Crippen LogP contribution in [0.3, 0.4) is 0 Å². The van der Waals surface area contributed by atoms with Gasteiger partial charge in [-0.2, -0.15) is 5.10 Å². The van der Waals surface area contributed by atoms with E-state index in [1.54, 1.807) is 22.8 Å². The van der Waals surface area contributed by atoms with Crippen LogP contribution in [-0.2, 0) is 17.9 Å². The second-order valence-electron chi connectivity index (χ2n) is 5.99. The first-order chi connectivity index (χ1) is 12.5. The molecule has 0 saturated heterocycles. The maximum Gasteiger partial charge on any atom is 0.222 e. The van der Waals surface area contributed by atoms with Crippen molar-refractivity contribution >= 4 is 18.1 Å². The highest BCUT2D eigenvalue weighted by Crippen LogP contribution is 2.18. The number of nitrogens with one attached hydrogen (secondary N) is 2. The van der Waals surface area contributed by atoms with Crippen molar-refractivity contribution in [2.75, 3.05) is 0 Å². The van der Waals surface area contributed by atoms with Crippen LogP contribution in [0.5, 0.6) is 0 Å². The fourth-order valence-corrected chi connectivity index (χ4v) is 2.89. The molecule has 0 aliphatic heterocycles. The number of amides is 1. The molecule has 0 bridgehead atoms. The Labute approximate surface area is 155 Å². The Hall–Kier alpha value is -2.80. The van der Waals surface area contributed by atoms with Crippen LogP contribution >= 0.6 is 12.2 Å². The normalized spacial score (nSPS) is 10.7. The molecule has 0 fully saturated rings. The van der Waals surface area contributed by atoms with Crippen molar-refractivity contribution in [2.45, 2.75) is 26.4 Å². The van der Waals surface area contributed by atoms with Gasteiger partial charge in [-0.1, -0.05) is 42.0 Å². The lowest BCUT2D eigenvalue weighted by atomic mass is 10.1. The summed E-state index contributed by atoms with van der Waals surface area (Å²) in [6.45, 7) is 2.56. The van der Waals surface area contributed by atoms with Crippen LogP contribution in [0.1, 0.15) is 17.5 Å². The van der Waals surface area contributed by atoms with Gasteiger partial charge in [0.2, 0.25) is 5.91 Å². The molecule has 2 aromatic carbocycles. The molecule has 1 heterocycles. The highest BCUT2D eigenvalue weighted by atomic mass is 32.1. The van der Waals surface area contributed by atoms with Gasteiger partial charge in [0.15, 0.2) is 10.6 Å². The van der Waals surface area contributed by atoms with Gasteiger partial charge in [0, 0.05) is 30.6 Å². The molecule has 0 unspecified atom stereocenters. The molecule has 1 aromatic heterocycles. The molecule has 1 amide bonds. The first-order valence-corrected chi connectivity index (χ1v) is 8.68. The smallest absolute Gasteiger partial charge is 0.222 e. The monoisotopic (exact) mass is 370 g/mol. The van der Waals surface area contributed by atoms with E-state index in [0.29, 0.717) is 22.7 Å². The molecule has 5 nitrogen and oxygen atoms in total. The maximum absolute atomic E-state index is 13.6. The van der Waals surface area contributed by atoms with E-state index in [-0.39, 0.29) is 24.7 Å². The van der Waals surface area contributed by atoms with Gasteiger partial charge in [-0.15, -0.1) is 0 Å². The molecule has 3 rings (SSSR count). The van der Waals surface area contributed by atoms with Crippen LogP contribution < -0.4 is 5.32 Å². The molecule has 0 saturated carbocycles. The number of carbonyl (C=O) groups is 1. The van der Waals surface area contributed by atoms with E-state index in [4.69, 9.17) is 12.2 Å². The molecule has 0 radical (unpaired) electrons. The third-order valence-corrected chi connectivity index (χ3v) is 4.34. The molecular formula is C19H19FN4OS. The van der Waals surface area contributed by atoms with Crippen molar-refractivity contribution in [2.24, 2.45) is 0 Å². The van der Waals surface area contributed by atoms with Crippen molar-refractivity contribution in [1.29, 1.82) is 0 Å². The predicted octanol–water partition coefficient (Wildman–Crippen LogP) is 3.76. The van der Waals surface area contributed by atoms with Crippen LogP contribution in [0.2, 0.25) is 0 Å². The van der Waals surface area contributed by atoms with Crippen molar-refractivity contribution in [3.63, 3.8) is 0 Å². The van der Waals surface area contributed by atoms with Gasteiger partial charge in [-0.3, -0.25) is 14.5 Å². The van der Waals surface area contributed by atoms with Gasteiger partial charge in [0.05, 0.1) is 0 Å². The average Bonchev–Trinajstić information content (AvgIpc) is 3.00. The molecule has 2 N–H and O–H groups in total. The standard InChI is InChI=1S/C19H19FN4OS/c1-13-5-4-7-14(11-13)18-22-23-19(26)24(18)10-9-17(25)21-12-15-6-2-3-8-16(15)20/h2-8,11H,9-10,12H2,1H3,(H,21,25)(H,23,26). The molecule has 0 aliphatic carbocycles. The zero-order chi connectivity index (χ0) is 18.5. The minimum absolute atomic E-state index is 0.160. The predicted molar refractivity (Wildman–Crippen MR) is 100 cm³/mol. The molecule has 134 valence electrons. The minimum Gasteiger partial charge on any atom is -0.352 e. The quantitative estimate of drug-likeness (QED) is 0.650. The number of hydrogen-bond acceptors (Lipinski definition) is 3. The lowest BCUT2D eigenvalue weighted by Crippen LogP contribution is -2.24. The minimum atomic E-state index is -0.327. The summed E-state index contributed by atoms with van der Waals surface area (Å²) in [5, 5.41) is 9.79. The number of aromatic nitrogens is 3. The number of hydrogen-bond donors (Lipinski definition) is 2. The molecule has 0 atom stereocenters. The zero-order valence-electron chi connectivity index (χ0n) is 14.3. The average molecular weight is 370 g/mol. The van der Waals surface area contributed by atoms with Gasteiger partial charge in [-0.25, -0.2) is 4.39 Å². The number of halogens is 1. The van der Waals surface area contributed by atoms with Gasteiger partial charge in [0.1, 0.15) is 5.82 Å². The zero-order valence-corrected chi connectivity index (χ0v) is 15.1. The van der Waals surface area contributed by atoms with E-state index < -0.39 is 0 Å². The number of nitrogens with zero attached hydrogens (tertiary/aromatic N) is 2. The number of aryl methyl sites for hydroxylation is 1. The second kappa shape index (κ2) is 8.05. The van der Waals surface area contributed by atoms with Gasteiger partial charge in [-0.05, 0) is 31.3 Å². The first kappa shape index (κ1) is 18.0. The third-order valence-electron chi connectivity index (χ3n) is 4.03. The summed E-state index contributed by atoms with van der Waals surface area (Å²) in [5.74, 6) is 0.193. The van der Waals surface area contributed by atoms with Crippen LogP contribution in [-0.4, -0.2) is 20.7 Å². The van der Waals surface area contributed by atoms with Gasteiger partial charge in [0.25, 0.3) is 0 Å². The molecular weight excluding hydrogens is 351 g/mol. The Morgan fingerprint density at radius 3 is 2.85 bits per heavy atom. The molecule has 0 aliphatic rings. The Morgan fingerprint density at radius 2 is 2.08 bits per heavy atom. The fourth-order valence-electron chi connectivity index (χ4n) is 2.67. The van der Waals surface area contributed by atoms with E-state index in [1.807, 2.05) is 31.2 Å². The highest BCUT2D eigenvalue weighted by molar-refractivity contribution is 7.71. The molecule has 26 heavy (non-hydrogen) atoms. The fraction of sp³-hybridized carbons (Fsp3) is 0.211. The van der Waals surface area contributed by atoms with Crippen LogP contribution in [0.4, 0.5) is 4.39 Å². The Kier molecular flexibility index (Phi) is 5.58. The first-order valence-electron chi connectivity index (χ1n) is 8.27. The summed E-state index contributed by atoms with van der Waals surface area (Å²) in [5.41, 5.74) is 2.51. The lowest BCUT2D eigenvalue weighted by Gasteiger charge is -2.09. The summed E-state index contributed by atoms with van der Waals surface area (Å²) in [4.78, 5) is 12.1. The topological polar surface area (TPSA) is 62.7 Å². The lowest BCUT2D eigenvalue weighted by molar-refractivity contribution is -0.121. The van der Waals surface area contributed by atoms with E-state index in [1.165, 1.54) is 6.07 Å². The Bertz CT molecular complexity index is 979. The summed E-state index contributed by atoms with van der Waals surface area (Å²) in [6, 6.07) is 14.3. The van der Waals surface area contributed by atoms with E-state index in [0.717, 1.165) is 11.1 Å². The number of rotatable bonds is 6. The Balaban J connectivity index is 1.65. The number of benzene rings is 2. The maximum atomic E-state index is 13.6. The summed E-state index contributed by atoms with van der Waals surface area (Å²) < 4.78 is 15.9. The summed E-state index contributed by atoms with van der Waals surface area (Å²) in [6.07, 6.45) is 0.223. The van der Waals surface area contributed by atoms with Crippen LogP contribution in [0.25, 0.3) is 11.4 Å². The van der Waals surface area contributed by atoms with E-state index >= 15 is 0 Å². The third kappa shape index (κ3) is 4.23. The molecule has 7 heteroatoms. The molecule has 3 aromatic rings. The Morgan fingerprint density at radius 1 is 1.27 bits per heavy atom. The summed E-state index contributed by atoms with van der Waals surface area (Å²) >= 11 is 5.28. The van der Waals surface area contributed by atoms with Crippen molar-refractivity contribution in [1.82, 2.24) is 20.1 Å². The SMILES string of the molecule is Cc1cccc(-c2n[nH]c(=S)n2CCC(=O)NCc2ccccc2F)c1. The summed E-state index contributed by atoms with van der Waals surface area (Å²) in [7, 11) is 0. The van der Waals surface area contributed by atoms with E-state index in [9.17, 15) is 9.18 Å². The van der Waals surface area contributed by atoms with Crippen molar-refractivity contribution in [3.05, 3.63) is 70.2 Å². The van der Waals surface area contributed by atoms with Crippen LogP contribution in [0.15, 0.2) is 48.5 Å². The molecule has 0 spiro atoms. The second-order valence-corrected chi connectivity index (χ2v) is 6.38. The van der Waals surface area contributed by atoms with Gasteiger partial charge < -0.3 is 5.32 Å². The van der Waals surface area contributed by atoms with Crippen LogP contribution in [0, 0.1) is 17.5 Å². The number of aromatic amines is 1. The van der Waals surface area contributed by atoms with Crippen molar-refractivity contribution < 1.29 is 9.18 Å². The largest absolute Gasteiger partial charge is 0.352 e. The van der Waals surface area contributed by atoms with Crippen molar-refractivity contribution in [3.8, 4) is 11.4 Å². The van der Waals surface area contributed by atoms with Gasteiger partial charge >= 0.3 is 0 Å². The van der Waals surface area contributed by atoms with E-state index in [2.05, 4.69) is 15.5 Å².